The molecule has 1 aromatic heterocycles. The van der Waals surface area contributed by atoms with Crippen LogP contribution in [-0.2, 0) is 6.54 Å². The number of ether oxygens (including phenoxy) is 1. The maximum Gasteiger partial charge on any atom is 0.253 e. The number of hydrogen-bond donors (Lipinski definition) is 0. The fraction of sp³-hybridized carbons (Fsp3) is 0.455. The summed E-state index contributed by atoms with van der Waals surface area (Å²) in [4.78, 5) is 11.5. The van der Waals surface area contributed by atoms with Crippen molar-refractivity contribution >= 4 is 0 Å². The molecule has 0 fully saturated rings. The van der Waals surface area contributed by atoms with Crippen LogP contribution >= 0.6 is 0 Å². The molecule has 1 heterocycles. The minimum absolute atomic E-state index is 0.126. The van der Waals surface area contributed by atoms with Crippen LogP contribution in [0.25, 0.3) is 0 Å². The SMILES string of the molecule is CCCCn1c(OC)c(C#N)ccc1=O. The minimum Gasteiger partial charge on any atom is -0.481 e. The fourth-order valence-corrected chi connectivity index (χ4v) is 1.39. The summed E-state index contributed by atoms with van der Waals surface area (Å²) >= 11 is 0. The van der Waals surface area contributed by atoms with Crippen molar-refractivity contribution in [3.8, 4) is 11.9 Å². The molecule has 0 radical (unpaired) electrons. The van der Waals surface area contributed by atoms with Crippen LogP contribution in [0.3, 0.4) is 0 Å². The predicted molar refractivity (Wildman–Crippen MR) is 56.9 cm³/mol. The first-order valence-electron chi connectivity index (χ1n) is 4.92. The summed E-state index contributed by atoms with van der Waals surface area (Å²) in [5.74, 6) is 0.360. The highest BCUT2D eigenvalue weighted by molar-refractivity contribution is 5.38. The second-order valence-electron chi connectivity index (χ2n) is 3.21. The summed E-state index contributed by atoms with van der Waals surface area (Å²) < 4.78 is 6.59. The molecule has 0 saturated heterocycles. The average Bonchev–Trinajstić information content (AvgIpc) is 2.27. The average molecular weight is 206 g/mol. The lowest BCUT2D eigenvalue weighted by molar-refractivity contribution is 0.360. The van der Waals surface area contributed by atoms with Crippen molar-refractivity contribution in [2.45, 2.75) is 26.3 Å². The van der Waals surface area contributed by atoms with Crippen molar-refractivity contribution in [2.24, 2.45) is 0 Å². The number of hydrogen-bond acceptors (Lipinski definition) is 3. The first kappa shape index (κ1) is 11.3. The van der Waals surface area contributed by atoms with Gasteiger partial charge in [0, 0.05) is 12.6 Å². The van der Waals surface area contributed by atoms with Gasteiger partial charge in [0.2, 0.25) is 5.88 Å². The largest absolute Gasteiger partial charge is 0.481 e. The van der Waals surface area contributed by atoms with E-state index in [0.717, 1.165) is 12.8 Å². The molecule has 0 N–H and O–H groups in total. The zero-order valence-electron chi connectivity index (χ0n) is 8.99. The lowest BCUT2D eigenvalue weighted by Crippen LogP contribution is -2.21. The third-order valence-corrected chi connectivity index (χ3v) is 2.18. The highest BCUT2D eigenvalue weighted by atomic mass is 16.5. The number of pyridine rings is 1. The summed E-state index contributed by atoms with van der Waals surface area (Å²) in [7, 11) is 1.47. The molecular formula is C11H14N2O2. The van der Waals surface area contributed by atoms with Crippen molar-refractivity contribution in [1.82, 2.24) is 4.57 Å². The van der Waals surface area contributed by atoms with Crippen LogP contribution in [-0.4, -0.2) is 11.7 Å². The molecule has 0 aliphatic heterocycles. The monoisotopic (exact) mass is 206 g/mol. The van der Waals surface area contributed by atoms with E-state index < -0.39 is 0 Å². The molecule has 0 saturated carbocycles. The number of nitrogens with zero attached hydrogens (tertiary/aromatic N) is 2. The topological polar surface area (TPSA) is 55.0 Å². The van der Waals surface area contributed by atoms with Crippen LogP contribution in [0, 0.1) is 11.3 Å². The molecule has 0 spiro atoms. The van der Waals surface area contributed by atoms with E-state index in [-0.39, 0.29) is 5.56 Å². The number of aromatic nitrogens is 1. The van der Waals surface area contributed by atoms with Crippen LogP contribution < -0.4 is 10.3 Å². The molecule has 15 heavy (non-hydrogen) atoms. The van der Waals surface area contributed by atoms with E-state index >= 15 is 0 Å². The van der Waals surface area contributed by atoms with Gasteiger partial charge in [-0.1, -0.05) is 13.3 Å². The molecule has 4 heteroatoms. The van der Waals surface area contributed by atoms with Gasteiger partial charge in [0.05, 0.1) is 7.11 Å². The third-order valence-electron chi connectivity index (χ3n) is 2.18. The van der Waals surface area contributed by atoms with Crippen molar-refractivity contribution < 1.29 is 4.74 Å². The molecule has 1 aromatic rings. The summed E-state index contributed by atoms with van der Waals surface area (Å²) in [5, 5.41) is 8.84. The van der Waals surface area contributed by atoms with Gasteiger partial charge in [0.1, 0.15) is 11.6 Å². The molecule has 4 nitrogen and oxygen atoms in total. The Balaban J connectivity index is 3.21. The number of rotatable bonds is 4. The highest BCUT2D eigenvalue weighted by Gasteiger charge is 2.09. The van der Waals surface area contributed by atoms with Crippen molar-refractivity contribution in [2.75, 3.05) is 7.11 Å². The third kappa shape index (κ3) is 2.38. The summed E-state index contributed by atoms with van der Waals surface area (Å²) in [6, 6.07) is 4.90. The van der Waals surface area contributed by atoms with Crippen LogP contribution in [0.4, 0.5) is 0 Å². The molecule has 80 valence electrons. The number of nitriles is 1. The summed E-state index contributed by atoms with van der Waals surface area (Å²) in [5.41, 5.74) is 0.271. The smallest absolute Gasteiger partial charge is 0.253 e. The van der Waals surface area contributed by atoms with Gasteiger partial charge in [-0.3, -0.25) is 9.36 Å². The van der Waals surface area contributed by atoms with Gasteiger partial charge in [-0.2, -0.15) is 5.26 Å². The fourth-order valence-electron chi connectivity index (χ4n) is 1.39. The van der Waals surface area contributed by atoms with E-state index in [9.17, 15) is 4.79 Å². The zero-order chi connectivity index (χ0) is 11.3. The molecular weight excluding hydrogens is 192 g/mol. The second-order valence-corrected chi connectivity index (χ2v) is 3.21. The van der Waals surface area contributed by atoms with Gasteiger partial charge in [-0.15, -0.1) is 0 Å². The van der Waals surface area contributed by atoms with E-state index in [1.165, 1.54) is 23.8 Å². The van der Waals surface area contributed by atoms with E-state index in [2.05, 4.69) is 0 Å². The van der Waals surface area contributed by atoms with Gasteiger partial charge in [-0.25, -0.2) is 0 Å². The maximum atomic E-state index is 11.5. The lowest BCUT2D eigenvalue weighted by Gasteiger charge is -2.11. The number of methoxy groups -OCH3 is 1. The quantitative estimate of drug-likeness (QED) is 0.750. The Kier molecular flexibility index (Phi) is 3.92. The van der Waals surface area contributed by atoms with Crippen molar-refractivity contribution in [3.63, 3.8) is 0 Å². The predicted octanol–water partition coefficient (Wildman–Crippen LogP) is 1.53. The Hall–Kier alpha value is -1.76. The maximum absolute atomic E-state index is 11.5. The zero-order valence-corrected chi connectivity index (χ0v) is 8.99. The first-order valence-corrected chi connectivity index (χ1v) is 4.92. The Morgan fingerprint density at radius 3 is 2.80 bits per heavy atom. The van der Waals surface area contributed by atoms with Crippen LogP contribution in [0.15, 0.2) is 16.9 Å². The van der Waals surface area contributed by atoms with Gasteiger partial charge < -0.3 is 4.74 Å². The van der Waals surface area contributed by atoms with Crippen LogP contribution in [0.2, 0.25) is 0 Å². The Morgan fingerprint density at radius 2 is 2.27 bits per heavy atom. The number of unbranched alkanes of at least 4 members (excludes halogenated alkanes) is 1. The Bertz CT molecular complexity index is 429. The minimum atomic E-state index is -0.126. The summed E-state index contributed by atoms with van der Waals surface area (Å²) in [6.07, 6.45) is 1.89. The molecule has 0 amide bonds. The molecule has 0 aliphatic carbocycles. The molecule has 0 atom stereocenters. The molecule has 1 rings (SSSR count). The van der Waals surface area contributed by atoms with Gasteiger partial charge in [-0.05, 0) is 12.5 Å². The van der Waals surface area contributed by atoms with Crippen LogP contribution in [0.5, 0.6) is 5.88 Å². The Morgan fingerprint density at radius 1 is 1.53 bits per heavy atom. The lowest BCUT2D eigenvalue weighted by atomic mass is 10.2. The second kappa shape index (κ2) is 5.20. The van der Waals surface area contributed by atoms with Gasteiger partial charge >= 0.3 is 0 Å². The molecule has 0 bridgehead atoms. The standard InChI is InChI=1S/C11H14N2O2/c1-3-4-7-13-10(14)6-5-9(8-12)11(13)15-2/h5-6H,3-4,7H2,1-2H3. The normalized spacial score (nSPS) is 9.67. The van der Waals surface area contributed by atoms with Gasteiger partial charge in [0.25, 0.3) is 5.56 Å². The molecule has 0 unspecified atom stereocenters. The highest BCUT2D eigenvalue weighted by Crippen LogP contribution is 2.14. The summed E-state index contributed by atoms with van der Waals surface area (Å²) in [6.45, 7) is 2.64. The Labute approximate surface area is 88.7 Å². The molecule has 0 aromatic carbocycles. The van der Waals surface area contributed by atoms with E-state index in [4.69, 9.17) is 10.00 Å². The van der Waals surface area contributed by atoms with E-state index in [0.29, 0.717) is 18.0 Å². The van der Waals surface area contributed by atoms with Crippen molar-refractivity contribution in [1.29, 1.82) is 5.26 Å². The molecule has 0 aliphatic rings. The first-order chi connectivity index (χ1) is 7.24. The van der Waals surface area contributed by atoms with E-state index in [1.807, 2.05) is 13.0 Å². The van der Waals surface area contributed by atoms with Crippen LogP contribution in [0.1, 0.15) is 25.3 Å². The van der Waals surface area contributed by atoms with Crippen molar-refractivity contribution in [3.05, 3.63) is 28.0 Å². The van der Waals surface area contributed by atoms with Gasteiger partial charge in [0.15, 0.2) is 0 Å². The van der Waals surface area contributed by atoms with E-state index in [1.54, 1.807) is 0 Å².